The van der Waals surface area contributed by atoms with Crippen molar-refractivity contribution in [2.24, 2.45) is 0 Å². The van der Waals surface area contributed by atoms with Gasteiger partial charge in [0.1, 0.15) is 0 Å². The first kappa shape index (κ1) is 17.0. The smallest absolute Gasteiger partial charge is 0.183 e. The zero-order chi connectivity index (χ0) is 15.1. The van der Waals surface area contributed by atoms with Crippen molar-refractivity contribution in [2.45, 2.75) is 38.6 Å². The van der Waals surface area contributed by atoms with Gasteiger partial charge in [0.2, 0.25) is 0 Å². The van der Waals surface area contributed by atoms with Crippen LogP contribution in [-0.2, 0) is 9.47 Å². The maximum absolute atomic E-state index is 9.82. The molecule has 0 saturated carbocycles. The van der Waals surface area contributed by atoms with Crippen LogP contribution in [0.5, 0.6) is 0 Å². The van der Waals surface area contributed by atoms with Gasteiger partial charge >= 0.3 is 0 Å². The lowest BCUT2D eigenvalue weighted by molar-refractivity contribution is -0.148. The Morgan fingerprint density at radius 2 is 1.35 bits per heavy atom. The standard InChI is InChI=1S/C13H21NO6/c1-8(6-15)19-12(17)10-3-11(5-14-4-10)13(18)20-9(2)7-16/h3-5,8-9,12-13,15-18H,6-7H2,1-2H3. The minimum atomic E-state index is -1.26. The molecule has 4 unspecified atom stereocenters. The number of ether oxygens (including phenoxy) is 2. The Bertz CT molecular complexity index is 369. The Kier molecular flexibility index (Phi) is 7.00. The lowest BCUT2D eigenvalue weighted by Gasteiger charge is -2.19. The number of aliphatic hydroxyl groups excluding tert-OH is 4. The number of rotatable bonds is 8. The van der Waals surface area contributed by atoms with Crippen molar-refractivity contribution in [3.8, 4) is 0 Å². The van der Waals surface area contributed by atoms with E-state index in [9.17, 15) is 10.2 Å². The molecular formula is C13H21NO6. The van der Waals surface area contributed by atoms with Crippen LogP contribution in [0.1, 0.15) is 37.6 Å². The van der Waals surface area contributed by atoms with E-state index in [1.165, 1.54) is 18.5 Å². The zero-order valence-corrected chi connectivity index (χ0v) is 11.5. The topological polar surface area (TPSA) is 112 Å². The predicted octanol–water partition coefficient (Wildman–Crippen LogP) is -0.142. The molecule has 4 atom stereocenters. The van der Waals surface area contributed by atoms with Gasteiger partial charge in [-0.3, -0.25) is 4.98 Å². The molecule has 0 fully saturated rings. The van der Waals surface area contributed by atoms with Crippen molar-refractivity contribution >= 4 is 0 Å². The van der Waals surface area contributed by atoms with E-state index in [2.05, 4.69) is 4.98 Å². The molecule has 7 nitrogen and oxygen atoms in total. The molecule has 0 bridgehead atoms. The van der Waals surface area contributed by atoms with E-state index in [1.54, 1.807) is 13.8 Å². The monoisotopic (exact) mass is 287 g/mol. The van der Waals surface area contributed by atoms with Gasteiger partial charge in [-0.25, -0.2) is 0 Å². The summed E-state index contributed by atoms with van der Waals surface area (Å²) in [4.78, 5) is 3.89. The second kappa shape index (κ2) is 8.25. The summed E-state index contributed by atoms with van der Waals surface area (Å²) in [6.45, 7) is 2.79. The molecule has 1 aromatic heterocycles. The summed E-state index contributed by atoms with van der Waals surface area (Å²) in [7, 11) is 0. The summed E-state index contributed by atoms with van der Waals surface area (Å²) < 4.78 is 10.3. The SMILES string of the molecule is CC(CO)OC(O)c1cncc(C(O)OC(C)CO)c1. The lowest BCUT2D eigenvalue weighted by atomic mass is 10.2. The highest BCUT2D eigenvalue weighted by Gasteiger charge is 2.17. The normalized spacial score (nSPS) is 17.5. The van der Waals surface area contributed by atoms with Gasteiger partial charge in [-0.05, 0) is 19.9 Å². The number of hydrogen-bond donors (Lipinski definition) is 4. The molecule has 0 amide bonds. The fraction of sp³-hybridized carbons (Fsp3) is 0.615. The minimum Gasteiger partial charge on any atom is -0.394 e. The minimum absolute atomic E-state index is 0.218. The number of aromatic nitrogens is 1. The van der Waals surface area contributed by atoms with Gasteiger partial charge in [0, 0.05) is 23.5 Å². The van der Waals surface area contributed by atoms with Crippen LogP contribution in [0.2, 0.25) is 0 Å². The molecule has 20 heavy (non-hydrogen) atoms. The quantitative estimate of drug-likeness (QED) is 0.492. The van der Waals surface area contributed by atoms with E-state index in [1.807, 2.05) is 0 Å². The third-order valence-electron chi connectivity index (χ3n) is 2.59. The van der Waals surface area contributed by atoms with Crippen LogP contribution >= 0.6 is 0 Å². The molecule has 114 valence electrons. The maximum Gasteiger partial charge on any atom is 0.183 e. The largest absolute Gasteiger partial charge is 0.394 e. The molecule has 0 aliphatic carbocycles. The van der Waals surface area contributed by atoms with Crippen molar-refractivity contribution in [1.82, 2.24) is 4.98 Å². The summed E-state index contributed by atoms with van der Waals surface area (Å²) in [5.74, 6) is 0. The lowest BCUT2D eigenvalue weighted by Crippen LogP contribution is -2.19. The third kappa shape index (κ3) is 5.12. The Morgan fingerprint density at radius 1 is 0.950 bits per heavy atom. The van der Waals surface area contributed by atoms with Crippen LogP contribution in [0.25, 0.3) is 0 Å². The molecule has 0 aromatic carbocycles. The molecule has 1 heterocycles. The summed E-state index contributed by atoms with van der Waals surface area (Å²) in [5, 5.41) is 37.4. The van der Waals surface area contributed by atoms with Crippen LogP contribution in [0.3, 0.4) is 0 Å². The van der Waals surface area contributed by atoms with Crippen LogP contribution in [0, 0.1) is 0 Å². The van der Waals surface area contributed by atoms with Gasteiger partial charge in [-0.1, -0.05) is 0 Å². The molecule has 1 rings (SSSR count). The molecule has 1 aromatic rings. The van der Waals surface area contributed by atoms with Gasteiger partial charge in [0.25, 0.3) is 0 Å². The van der Waals surface area contributed by atoms with Crippen molar-refractivity contribution in [2.75, 3.05) is 13.2 Å². The Morgan fingerprint density at radius 3 is 1.70 bits per heavy atom. The van der Waals surface area contributed by atoms with E-state index in [4.69, 9.17) is 19.7 Å². The average molecular weight is 287 g/mol. The molecule has 4 N–H and O–H groups in total. The van der Waals surface area contributed by atoms with Crippen molar-refractivity contribution in [1.29, 1.82) is 0 Å². The molecule has 0 aliphatic rings. The van der Waals surface area contributed by atoms with Crippen molar-refractivity contribution < 1.29 is 29.9 Å². The number of pyridine rings is 1. The van der Waals surface area contributed by atoms with Gasteiger partial charge in [0.05, 0.1) is 25.4 Å². The maximum atomic E-state index is 9.82. The molecular weight excluding hydrogens is 266 g/mol. The fourth-order valence-electron chi connectivity index (χ4n) is 1.43. The summed E-state index contributed by atoms with van der Waals surface area (Å²) in [6.07, 6.45) is -0.784. The second-order valence-corrected chi connectivity index (χ2v) is 4.51. The number of nitrogens with zero attached hydrogens (tertiary/aromatic N) is 1. The van der Waals surface area contributed by atoms with E-state index in [-0.39, 0.29) is 13.2 Å². The van der Waals surface area contributed by atoms with Gasteiger partial charge in [0.15, 0.2) is 12.6 Å². The van der Waals surface area contributed by atoms with Gasteiger partial charge in [-0.15, -0.1) is 0 Å². The predicted molar refractivity (Wildman–Crippen MR) is 69.4 cm³/mol. The van der Waals surface area contributed by atoms with E-state index >= 15 is 0 Å². The van der Waals surface area contributed by atoms with Crippen LogP contribution in [0.15, 0.2) is 18.5 Å². The fourth-order valence-corrected chi connectivity index (χ4v) is 1.43. The molecule has 7 heteroatoms. The Labute approximate surface area is 117 Å². The highest BCUT2D eigenvalue weighted by Crippen LogP contribution is 2.21. The van der Waals surface area contributed by atoms with Crippen LogP contribution in [0.4, 0.5) is 0 Å². The summed E-state index contributed by atoms with van der Waals surface area (Å²) in [5.41, 5.74) is 0.671. The van der Waals surface area contributed by atoms with Crippen molar-refractivity contribution in [3.05, 3.63) is 29.6 Å². The van der Waals surface area contributed by atoms with E-state index in [0.29, 0.717) is 11.1 Å². The summed E-state index contributed by atoms with van der Waals surface area (Å²) in [6, 6.07) is 1.48. The Hall–Kier alpha value is -1.09. The third-order valence-corrected chi connectivity index (χ3v) is 2.59. The van der Waals surface area contributed by atoms with Crippen LogP contribution < -0.4 is 0 Å². The molecule has 0 spiro atoms. The van der Waals surface area contributed by atoms with Crippen molar-refractivity contribution in [3.63, 3.8) is 0 Å². The van der Waals surface area contributed by atoms with Gasteiger partial charge < -0.3 is 29.9 Å². The average Bonchev–Trinajstić information content (AvgIpc) is 2.46. The first-order valence-electron chi connectivity index (χ1n) is 6.31. The molecule has 0 radical (unpaired) electrons. The van der Waals surface area contributed by atoms with E-state index < -0.39 is 24.8 Å². The number of aliphatic hydroxyl groups is 4. The Balaban J connectivity index is 2.74. The second-order valence-electron chi connectivity index (χ2n) is 4.51. The van der Waals surface area contributed by atoms with Crippen LogP contribution in [-0.4, -0.2) is 50.8 Å². The number of hydrogen-bond acceptors (Lipinski definition) is 7. The molecule has 0 saturated heterocycles. The molecule has 0 aliphatic heterocycles. The highest BCUT2D eigenvalue weighted by atomic mass is 16.6. The first-order chi connectivity index (χ1) is 9.47. The summed E-state index contributed by atoms with van der Waals surface area (Å²) >= 11 is 0. The van der Waals surface area contributed by atoms with Gasteiger partial charge in [-0.2, -0.15) is 0 Å². The zero-order valence-electron chi connectivity index (χ0n) is 11.5. The first-order valence-corrected chi connectivity index (χ1v) is 6.31. The highest BCUT2D eigenvalue weighted by molar-refractivity contribution is 5.20. The van der Waals surface area contributed by atoms with E-state index in [0.717, 1.165) is 0 Å².